The zero-order valence-electron chi connectivity index (χ0n) is 24.3. The fourth-order valence-electron chi connectivity index (χ4n) is 6.11. The lowest BCUT2D eigenvalue weighted by atomic mass is 9.99. The molecule has 43 heavy (non-hydrogen) atoms. The lowest BCUT2D eigenvalue weighted by molar-refractivity contribution is -0.125. The van der Waals surface area contributed by atoms with Gasteiger partial charge in [0.05, 0.1) is 11.7 Å². The van der Waals surface area contributed by atoms with Crippen LogP contribution in [0.2, 0.25) is 0 Å². The number of imidazole rings is 1. The number of hydrogen-bond acceptors (Lipinski definition) is 8. The van der Waals surface area contributed by atoms with Crippen molar-refractivity contribution in [3.63, 3.8) is 0 Å². The summed E-state index contributed by atoms with van der Waals surface area (Å²) >= 11 is 0. The fraction of sp³-hybridized carbons (Fsp3) is 0.344. The van der Waals surface area contributed by atoms with Crippen LogP contribution in [0.15, 0.2) is 77.4 Å². The molecule has 0 bridgehead atoms. The van der Waals surface area contributed by atoms with Crippen LogP contribution in [0.4, 0.5) is 5.82 Å². The predicted molar refractivity (Wildman–Crippen MR) is 163 cm³/mol. The summed E-state index contributed by atoms with van der Waals surface area (Å²) in [6.07, 6.45) is 5.88. The molecule has 4 heterocycles. The van der Waals surface area contributed by atoms with E-state index in [1.807, 2.05) is 44.2 Å². The average Bonchev–Trinajstić information content (AvgIpc) is 3.77. The first kappa shape index (κ1) is 28.2. The predicted octanol–water partition coefficient (Wildman–Crippen LogP) is 4.05. The monoisotopic (exact) mass is 578 g/mol. The van der Waals surface area contributed by atoms with Gasteiger partial charge in [-0.1, -0.05) is 18.2 Å². The highest BCUT2D eigenvalue weighted by Crippen LogP contribution is 2.30. The van der Waals surface area contributed by atoms with Gasteiger partial charge in [-0.05, 0) is 88.7 Å². The summed E-state index contributed by atoms with van der Waals surface area (Å²) in [4.78, 5) is 40.0. The highest BCUT2D eigenvalue weighted by atomic mass is 16.5. The second-order valence-corrected chi connectivity index (χ2v) is 11.5. The van der Waals surface area contributed by atoms with E-state index in [0.29, 0.717) is 41.3 Å². The molecule has 0 saturated carbocycles. The summed E-state index contributed by atoms with van der Waals surface area (Å²) in [6.45, 7) is 6.65. The van der Waals surface area contributed by atoms with Gasteiger partial charge in [0.25, 0.3) is 5.91 Å². The lowest BCUT2D eigenvalue weighted by Gasteiger charge is -2.33. The van der Waals surface area contributed by atoms with Crippen molar-refractivity contribution in [2.45, 2.75) is 44.7 Å². The van der Waals surface area contributed by atoms with Crippen molar-refractivity contribution in [3.8, 4) is 23.3 Å². The van der Waals surface area contributed by atoms with Gasteiger partial charge in [-0.2, -0.15) is 5.26 Å². The number of nitrogens with two attached hydrogens (primary N) is 1. The van der Waals surface area contributed by atoms with Crippen LogP contribution in [0.3, 0.4) is 0 Å². The van der Waals surface area contributed by atoms with E-state index in [2.05, 4.69) is 20.9 Å². The van der Waals surface area contributed by atoms with Crippen LogP contribution in [-0.4, -0.2) is 66.5 Å². The van der Waals surface area contributed by atoms with Crippen molar-refractivity contribution in [1.29, 1.82) is 5.26 Å². The summed E-state index contributed by atoms with van der Waals surface area (Å²) < 4.78 is 9.01. The standard InChI is InChI=1S/C32H34N8O3/c1-32(2,38-15-6-7-16-38)18-22(19-33)30(41)37-17-14-24(20-37)40-29-27(28(34)35-21-36-29)39(31(40)42)23-10-12-26(13-11-23)43-25-8-4-3-5-9-25/h3-5,8-13,18,21,24H,6-7,14-17,20H2,1-2H3,(H2,34,35,36)/t24-/m0/s1. The molecule has 6 rings (SSSR count). The number of anilines is 1. The van der Waals surface area contributed by atoms with Crippen LogP contribution in [0.25, 0.3) is 16.9 Å². The van der Waals surface area contributed by atoms with Crippen molar-refractivity contribution in [1.82, 2.24) is 28.9 Å². The first-order chi connectivity index (χ1) is 20.8. The molecular formula is C32H34N8O3. The third-order valence-electron chi connectivity index (χ3n) is 8.34. The minimum atomic E-state index is -0.406. The Labute approximate surface area is 249 Å². The number of benzene rings is 2. The third-order valence-corrected chi connectivity index (χ3v) is 8.34. The van der Waals surface area contributed by atoms with Crippen molar-refractivity contribution in [2.75, 3.05) is 31.9 Å². The lowest BCUT2D eigenvalue weighted by Crippen LogP contribution is -2.41. The molecule has 220 valence electrons. The Morgan fingerprint density at radius 2 is 1.74 bits per heavy atom. The molecule has 2 fully saturated rings. The topological polar surface area (TPSA) is 135 Å². The van der Waals surface area contributed by atoms with Crippen molar-refractivity contribution >= 4 is 22.9 Å². The fourth-order valence-corrected chi connectivity index (χ4v) is 6.11. The molecule has 0 unspecified atom stereocenters. The minimum absolute atomic E-state index is 0.122. The molecule has 1 atom stereocenters. The number of fused-ring (bicyclic) bond motifs is 1. The number of carbonyl (C=O) groups excluding carboxylic acids is 1. The number of nitriles is 1. The minimum Gasteiger partial charge on any atom is -0.457 e. The van der Waals surface area contributed by atoms with E-state index < -0.39 is 5.54 Å². The van der Waals surface area contributed by atoms with E-state index in [-0.39, 0.29) is 35.6 Å². The maximum Gasteiger partial charge on any atom is 0.335 e. The molecule has 0 radical (unpaired) electrons. The molecule has 11 nitrogen and oxygen atoms in total. The number of para-hydroxylation sites is 1. The molecule has 0 aliphatic carbocycles. The van der Waals surface area contributed by atoms with Crippen LogP contribution in [0, 0.1) is 11.3 Å². The Kier molecular flexibility index (Phi) is 7.46. The Morgan fingerprint density at radius 1 is 1.05 bits per heavy atom. The quantitative estimate of drug-likeness (QED) is 0.256. The van der Waals surface area contributed by atoms with Gasteiger partial charge in [-0.3, -0.25) is 18.8 Å². The largest absolute Gasteiger partial charge is 0.457 e. The van der Waals surface area contributed by atoms with Gasteiger partial charge in [-0.25, -0.2) is 14.8 Å². The molecule has 2 aromatic carbocycles. The van der Waals surface area contributed by atoms with Gasteiger partial charge in [0, 0.05) is 18.6 Å². The molecule has 4 aromatic rings. The number of likely N-dealkylation sites (tertiary alicyclic amines) is 2. The Bertz CT molecular complexity index is 1780. The third kappa shape index (κ3) is 5.37. The molecule has 2 aromatic heterocycles. The molecule has 2 aliphatic heterocycles. The SMILES string of the molecule is CC(C)(C=C(C#N)C(=O)N1CC[C@H](n2c(=O)n(-c3ccc(Oc4ccccc4)cc3)c3c(N)ncnc32)C1)N1CCCC1. The van der Waals surface area contributed by atoms with Gasteiger partial charge >= 0.3 is 5.69 Å². The first-order valence-electron chi connectivity index (χ1n) is 14.5. The molecule has 2 saturated heterocycles. The molecule has 0 spiro atoms. The number of rotatable bonds is 7. The smallest absolute Gasteiger partial charge is 0.335 e. The summed E-state index contributed by atoms with van der Waals surface area (Å²) in [7, 11) is 0. The van der Waals surface area contributed by atoms with Gasteiger partial charge in [0.2, 0.25) is 0 Å². The summed E-state index contributed by atoms with van der Waals surface area (Å²) in [5, 5.41) is 9.91. The number of ether oxygens (including phenoxy) is 1. The zero-order valence-corrected chi connectivity index (χ0v) is 24.3. The zero-order chi connectivity index (χ0) is 30.1. The number of nitrogens with zero attached hydrogens (tertiary/aromatic N) is 7. The van der Waals surface area contributed by atoms with Gasteiger partial charge < -0.3 is 15.4 Å². The van der Waals surface area contributed by atoms with Gasteiger partial charge in [0.15, 0.2) is 11.5 Å². The number of hydrogen-bond donors (Lipinski definition) is 1. The van der Waals surface area contributed by atoms with Crippen molar-refractivity contribution in [3.05, 3.63) is 83.1 Å². The molecule has 2 aliphatic rings. The van der Waals surface area contributed by atoms with Crippen molar-refractivity contribution in [2.24, 2.45) is 0 Å². The van der Waals surface area contributed by atoms with Gasteiger partial charge in [0.1, 0.15) is 35.0 Å². The Hall–Kier alpha value is -4.95. The summed E-state index contributed by atoms with van der Waals surface area (Å²) in [5.41, 5.74) is 7.06. The maximum absolute atomic E-state index is 14.0. The normalized spacial score (nSPS) is 17.8. The van der Waals surface area contributed by atoms with Gasteiger partial charge in [-0.15, -0.1) is 0 Å². The van der Waals surface area contributed by atoms with E-state index in [1.54, 1.807) is 39.8 Å². The Balaban J connectivity index is 1.29. The number of aromatic nitrogens is 4. The van der Waals surface area contributed by atoms with Crippen LogP contribution < -0.4 is 16.2 Å². The maximum atomic E-state index is 14.0. The van der Waals surface area contributed by atoms with E-state index in [1.165, 1.54) is 10.9 Å². The number of nitrogen functional groups attached to an aromatic ring is 1. The summed E-state index contributed by atoms with van der Waals surface area (Å²) in [5.74, 6) is 1.18. The molecule has 1 amide bonds. The van der Waals surface area contributed by atoms with Crippen LogP contribution in [-0.2, 0) is 4.79 Å². The highest BCUT2D eigenvalue weighted by molar-refractivity contribution is 5.97. The molecular weight excluding hydrogens is 544 g/mol. The molecule has 2 N–H and O–H groups in total. The number of carbonyl (C=O) groups is 1. The van der Waals surface area contributed by atoms with E-state index in [9.17, 15) is 14.9 Å². The Morgan fingerprint density at radius 3 is 2.44 bits per heavy atom. The number of amides is 1. The van der Waals surface area contributed by atoms with E-state index in [4.69, 9.17) is 10.5 Å². The second kappa shape index (κ2) is 11.4. The average molecular weight is 579 g/mol. The highest BCUT2D eigenvalue weighted by Gasteiger charge is 2.35. The van der Waals surface area contributed by atoms with Crippen LogP contribution in [0.1, 0.15) is 39.2 Å². The van der Waals surface area contributed by atoms with E-state index in [0.717, 1.165) is 25.9 Å². The van der Waals surface area contributed by atoms with Crippen LogP contribution >= 0.6 is 0 Å². The van der Waals surface area contributed by atoms with Crippen molar-refractivity contribution < 1.29 is 9.53 Å². The second-order valence-electron chi connectivity index (χ2n) is 11.5. The first-order valence-corrected chi connectivity index (χ1v) is 14.5. The van der Waals surface area contributed by atoms with E-state index >= 15 is 0 Å². The van der Waals surface area contributed by atoms with Crippen LogP contribution in [0.5, 0.6) is 11.5 Å². The summed E-state index contributed by atoms with van der Waals surface area (Å²) in [6, 6.07) is 18.4. The molecule has 11 heteroatoms.